The topological polar surface area (TPSA) is 86.0 Å². The van der Waals surface area contributed by atoms with Crippen molar-refractivity contribution in [1.29, 1.82) is 0 Å². The molecule has 0 radical (unpaired) electrons. The lowest BCUT2D eigenvalue weighted by molar-refractivity contribution is 0.185. The van der Waals surface area contributed by atoms with E-state index < -0.39 is 0 Å². The maximum atomic E-state index is 5.68. The van der Waals surface area contributed by atoms with E-state index in [4.69, 9.17) is 22.1 Å². The van der Waals surface area contributed by atoms with Crippen LogP contribution >= 0.6 is 11.6 Å². The Morgan fingerprint density at radius 3 is 2.56 bits per heavy atom. The highest BCUT2D eigenvalue weighted by atomic mass is 35.5. The fourth-order valence-electron chi connectivity index (χ4n) is 1.40. The van der Waals surface area contributed by atoms with Crippen LogP contribution < -0.4 is 11.1 Å². The van der Waals surface area contributed by atoms with Gasteiger partial charge < -0.3 is 15.8 Å². The number of hydrogen-bond acceptors (Lipinski definition) is 6. The Balaban J connectivity index is 2.13. The zero-order chi connectivity index (χ0) is 13.0. The second-order valence-electron chi connectivity index (χ2n) is 3.54. The first-order valence-electron chi connectivity index (χ1n) is 5.19. The minimum Gasteiger partial charge on any atom is -0.380 e. The Labute approximate surface area is 109 Å². The second kappa shape index (κ2) is 5.61. The van der Waals surface area contributed by atoms with E-state index in [1.807, 2.05) is 24.3 Å². The monoisotopic (exact) mass is 265 g/mol. The maximum Gasteiger partial charge on any atom is 0.233 e. The van der Waals surface area contributed by atoms with Crippen LogP contribution in [0.25, 0.3) is 0 Å². The SMILES string of the molecule is COCc1ccc(Nc2nc(N)nc(Cl)n2)cc1. The fraction of sp³-hybridized carbons (Fsp3) is 0.182. The van der Waals surface area contributed by atoms with Crippen LogP contribution in [0.3, 0.4) is 0 Å². The zero-order valence-electron chi connectivity index (χ0n) is 9.72. The van der Waals surface area contributed by atoms with Crippen molar-refractivity contribution in [3.63, 3.8) is 0 Å². The third kappa shape index (κ3) is 3.28. The third-order valence-electron chi connectivity index (χ3n) is 2.15. The molecule has 0 saturated carbocycles. The first-order valence-corrected chi connectivity index (χ1v) is 5.57. The summed E-state index contributed by atoms with van der Waals surface area (Å²) >= 11 is 5.68. The molecule has 0 aliphatic heterocycles. The van der Waals surface area contributed by atoms with E-state index >= 15 is 0 Å². The maximum absolute atomic E-state index is 5.68. The Morgan fingerprint density at radius 1 is 1.22 bits per heavy atom. The lowest BCUT2D eigenvalue weighted by Gasteiger charge is -2.06. The van der Waals surface area contributed by atoms with Gasteiger partial charge in [-0.05, 0) is 29.3 Å². The van der Waals surface area contributed by atoms with Crippen LogP contribution in [0.15, 0.2) is 24.3 Å². The average Bonchev–Trinajstić information content (AvgIpc) is 2.31. The summed E-state index contributed by atoms with van der Waals surface area (Å²) in [6.07, 6.45) is 0. The van der Waals surface area contributed by atoms with Crippen LogP contribution in [0, 0.1) is 0 Å². The summed E-state index contributed by atoms with van der Waals surface area (Å²) in [5, 5.41) is 3.04. The molecule has 0 unspecified atom stereocenters. The molecule has 18 heavy (non-hydrogen) atoms. The molecule has 0 fully saturated rings. The molecule has 7 heteroatoms. The standard InChI is InChI=1S/C11H12ClN5O/c1-18-6-7-2-4-8(5-3-7)14-11-16-9(12)15-10(13)17-11/h2-5H,6H2,1H3,(H3,13,14,15,16,17). The molecule has 0 aliphatic carbocycles. The molecule has 0 atom stereocenters. The second-order valence-corrected chi connectivity index (χ2v) is 3.88. The van der Waals surface area contributed by atoms with Crippen LogP contribution in [0.1, 0.15) is 5.56 Å². The van der Waals surface area contributed by atoms with Crippen molar-refractivity contribution in [2.75, 3.05) is 18.2 Å². The van der Waals surface area contributed by atoms with Gasteiger partial charge >= 0.3 is 0 Å². The van der Waals surface area contributed by atoms with Crippen molar-refractivity contribution in [1.82, 2.24) is 15.0 Å². The zero-order valence-corrected chi connectivity index (χ0v) is 10.5. The van der Waals surface area contributed by atoms with Gasteiger partial charge in [0.25, 0.3) is 0 Å². The lowest BCUT2D eigenvalue weighted by Crippen LogP contribution is -2.03. The van der Waals surface area contributed by atoms with E-state index in [1.54, 1.807) is 7.11 Å². The number of anilines is 3. The van der Waals surface area contributed by atoms with Gasteiger partial charge in [-0.3, -0.25) is 0 Å². The van der Waals surface area contributed by atoms with E-state index in [-0.39, 0.29) is 11.2 Å². The minimum absolute atomic E-state index is 0.0565. The van der Waals surface area contributed by atoms with Crippen LogP contribution in [0.2, 0.25) is 5.28 Å². The van der Waals surface area contributed by atoms with E-state index in [0.29, 0.717) is 12.6 Å². The Bertz CT molecular complexity index is 511. The highest BCUT2D eigenvalue weighted by Gasteiger charge is 2.02. The van der Waals surface area contributed by atoms with Crippen LogP contribution in [0.4, 0.5) is 17.6 Å². The summed E-state index contributed by atoms with van der Waals surface area (Å²) in [6.45, 7) is 0.574. The van der Waals surface area contributed by atoms with E-state index in [2.05, 4.69) is 20.3 Å². The van der Waals surface area contributed by atoms with Gasteiger partial charge in [0.1, 0.15) is 0 Å². The number of nitrogens with zero attached hydrogens (tertiary/aromatic N) is 3. The Morgan fingerprint density at radius 2 is 1.94 bits per heavy atom. The average molecular weight is 266 g/mol. The smallest absolute Gasteiger partial charge is 0.233 e. The van der Waals surface area contributed by atoms with Gasteiger partial charge in [0.05, 0.1) is 6.61 Å². The van der Waals surface area contributed by atoms with Gasteiger partial charge in [0.15, 0.2) is 0 Å². The quantitative estimate of drug-likeness (QED) is 0.879. The van der Waals surface area contributed by atoms with Gasteiger partial charge in [-0.15, -0.1) is 0 Å². The first kappa shape index (κ1) is 12.5. The largest absolute Gasteiger partial charge is 0.380 e. The number of nitrogens with one attached hydrogen (secondary N) is 1. The number of rotatable bonds is 4. The van der Waals surface area contributed by atoms with Gasteiger partial charge in [0.2, 0.25) is 17.2 Å². The number of halogens is 1. The number of nitrogen functional groups attached to an aromatic ring is 1. The molecular formula is C11H12ClN5O. The molecule has 2 rings (SSSR count). The highest BCUT2D eigenvalue weighted by molar-refractivity contribution is 6.28. The molecule has 0 amide bonds. The predicted octanol–water partition coefficient (Wildman–Crippen LogP) is 2.00. The normalized spacial score (nSPS) is 10.3. The van der Waals surface area contributed by atoms with Crippen molar-refractivity contribution >= 4 is 29.2 Å². The molecule has 94 valence electrons. The van der Waals surface area contributed by atoms with E-state index in [1.165, 1.54) is 0 Å². The van der Waals surface area contributed by atoms with E-state index in [0.717, 1.165) is 11.3 Å². The van der Waals surface area contributed by atoms with Crippen molar-refractivity contribution in [2.45, 2.75) is 6.61 Å². The van der Waals surface area contributed by atoms with Gasteiger partial charge in [-0.25, -0.2) is 0 Å². The molecule has 2 aromatic rings. The van der Waals surface area contributed by atoms with Crippen LogP contribution in [-0.4, -0.2) is 22.1 Å². The molecule has 0 bridgehead atoms. The summed E-state index contributed by atoms with van der Waals surface area (Å²) in [4.78, 5) is 11.5. The molecular weight excluding hydrogens is 254 g/mol. The molecule has 0 aliphatic rings. The molecule has 3 N–H and O–H groups in total. The summed E-state index contributed by atoms with van der Waals surface area (Å²) < 4.78 is 5.03. The van der Waals surface area contributed by atoms with Gasteiger partial charge in [0, 0.05) is 12.8 Å². The van der Waals surface area contributed by atoms with Gasteiger partial charge in [-0.1, -0.05) is 12.1 Å². The molecule has 1 aromatic carbocycles. The van der Waals surface area contributed by atoms with E-state index in [9.17, 15) is 0 Å². The first-order chi connectivity index (χ1) is 8.67. The molecule has 6 nitrogen and oxygen atoms in total. The molecule has 0 saturated heterocycles. The van der Waals surface area contributed by atoms with Crippen molar-refractivity contribution in [3.05, 3.63) is 35.1 Å². The number of methoxy groups -OCH3 is 1. The number of hydrogen-bond donors (Lipinski definition) is 2. The molecule has 1 aromatic heterocycles. The van der Waals surface area contributed by atoms with Crippen molar-refractivity contribution < 1.29 is 4.74 Å². The number of aromatic nitrogens is 3. The number of ether oxygens (including phenoxy) is 1. The summed E-state index contributed by atoms with van der Waals surface area (Å²) in [7, 11) is 1.65. The fourth-order valence-corrected chi connectivity index (χ4v) is 1.57. The predicted molar refractivity (Wildman–Crippen MR) is 69.7 cm³/mol. The Kier molecular flexibility index (Phi) is 3.91. The van der Waals surface area contributed by atoms with Gasteiger partial charge in [-0.2, -0.15) is 15.0 Å². The lowest BCUT2D eigenvalue weighted by atomic mass is 10.2. The third-order valence-corrected chi connectivity index (χ3v) is 2.32. The van der Waals surface area contributed by atoms with Crippen LogP contribution in [-0.2, 0) is 11.3 Å². The van der Waals surface area contributed by atoms with Crippen LogP contribution in [0.5, 0.6) is 0 Å². The van der Waals surface area contributed by atoms with Crippen molar-refractivity contribution in [3.8, 4) is 0 Å². The summed E-state index contributed by atoms with van der Waals surface area (Å²) in [6, 6.07) is 7.67. The summed E-state index contributed by atoms with van der Waals surface area (Å²) in [5.74, 6) is 0.389. The number of benzene rings is 1. The highest BCUT2D eigenvalue weighted by Crippen LogP contribution is 2.15. The molecule has 0 spiro atoms. The minimum atomic E-state index is 0.0565. The van der Waals surface area contributed by atoms with Crippen molar-refractivity contribution in [2.24, 2.45) is 0 Å². The Hall–Kier alpha value is -1.92. The molecule has 1 heterocycles. The summed E-state index contributed by atoms with van der Waals surface area (Å²) in [5.41, 5.74) is 7.38. The number of nitrogens with two attached hydrogens (primary N) is 1.